The van der Waals surface area contributed by atoms with E-state index in [4.69, 9.17) is 5.11 Å². The summed E-state index contributed by atoms with van der Waals surface area (Å²) in [7, 11) is 0. The lowest BCUT2D eigenvalue weighted by molar-refractivity contribution is -0.225. The lowest BCUT2D eigenvalue weighted by Crippen LogP contribution is -2.66. The van der Waals surface area contributed by atoms with Crippen LogP contribution in [0.5, 0.6) is 0 Å². The molecule has 0 bridgehead atoms. The van der Waals surface area contributed by atoms with Gasteiger partial charge in [0.2, 0.25) is 5.91 Å². The van der Waals surface area contributed by atoms with Gasteiger partial charge in [-0.05, 0) is 172 Å². The van der Waals surface area contributed by atoms with Crippen LogP contribution < -0.4 is 5.32 Å². The van der Waals surface area contributed by atoms with Gasteiger partial charge in [-0.2, -0.15) is 0 Å². The molecule has 292 valence electrons. The first-order valence-electron chi connectivity index (χ1n) is 20.9. The fourth-order valence-corrected chi connectivity index (χ4v) is 14.0. The van der Waals surface area contributed by atoms with Crippen molar-refractivity contribution in [3.8, 4) is 0 Å². The maximum Gasteiger partial charge on any atom is 0.335 e. The van der Waals surface area contributed by atoms with E-state index in [1.165, 1.54) is 36.8 Å². The Bertz CT molecular complexity index is 1610. The second-order valence-electron chi connectivity index (χ2n) is 19.3. The number of hydrogen-bond acceptors (Lipinski definition) is 4. The van der Waals surface area contributed by atoms with Crippen LogP contribution in [0.1, 0.15) is 141 Å². The molecule has 4 saturated carbocycles. The topological polar surface area (TPSA) is 107 Å². The van der Waals surface area contributed by atoms with Crippen LogP contribution >= 0.6 is 0 Å². The molecule has 53 heavy (non-hydrogen) atoms. The van der Waals surface area contributed by atoms with Crippen LogP contribution in [0.25, 0.3) is 5.57 Å². The number of carbonyl (C=O) groups is 3. The fourth-order valence-electron chi connectivity index (χ4n) is 14.0. The van der Waals surface area contributed by atoms with Gasteiger partial charge in [0.15, 0.2) is 0 Å². The van der Waals surface area contributed by atoms with Crippen molar-refractivity contribution in [2.45, 2.75) is 126 Å². The van der Waals surface area contributed by atoms with Gasteiger partial charge in [-0.25, -0.2) is 4.79 Å². The van der Waals surface area contributed by atoms with Crippen molar-refractivity contribution in [2.24, 2.45) is 56.7 Å². The first kappa shape index (κ1) is 39.8. The summed E-state index contributed by atoms with van der Waals surface area (Å²) in [6.45, 7) is 24.8. The van der Waals surface area contributed by atoms with E-state index in [-0.39, 0.29) is 39.4 Å². The maximum absolute atomic E-state index is 14.5. The molecule has 0 radical (unpaired) electrons. The molecule has 4 fully saturated rings. The van der Waals surface area contributed by atoms with Gasteiger partial charge in [-0.15, -0.1) is 0 Å². The van der Waals surface area contributed by atoms with Crippen LogP contribution in [0.3, 0.4) is 0 Å². The summed E-state index contributed by atoms with van der Waals surface area (Å²) in [6.07, 6.45) is 14.2. The number of fused-ring (bicyclic) bond motifs is 7. The molecule has 3 unspecified atom stereocenters. The lowest BCUT2D eigenvalue weighted by Gasteiger charge is -2.72. The van der Waals surface area contributed by atoms with Crippen LogP contribution in [0.2, 0.25) is 0 Å². The number of nitrogens with one attached hydrogen (secondary N) is 1. The summed E-state index contributed by atoms with van der Waals surface area (Å²) in [5, 5.41) is 22.0. The number of allylic oxidation sites excluding steroid dienone is 3. The van der Waals surface area contributed by atoms with E-state index >= 15 is 0 Å². The van der Waals surface area contributed by atoms with Gasteiger partial charge in [-0.1, -0.05) is 71.9 Å². The minimum absolute atomic E-state index is 0.0280. The van der Waals surface area contributed by atoms with Gasteiger partial charge in [0, 0.05) is 13.0 Å². The summed E-state index contributed by atoms with van der Waals surface area (Å²) in [5.74, 6) is 0.989. The highest BCUT2D eigenvalue weighted by Crippen LogP contribution is 2.77. The molecule has 1 amide bonds. The van der Waals surface area contributed by atoms with Crippen LogP contribution in [0.4, 0.5) is 0 Å². The standard InChI is InChI=1S/C46H68N2O5/c1-9-48(28-10-12-38(49)50)29-11-27-47-41(53)46-24-19-33(30(2)3)39(46)35-17-18-37-43(6)22-20-34(31-13-15-32(16-14-31)40(51)52)42(4,5)36(43)21-23-45(37,8)44(35,7)25-26-46/h13-16,20,33,35-37,39H,2,9-12,17-19,21-29H2,1,3-8H3,(H,47,53)(H,49,50)(H,51,52)/t33-,35+,36?,37?,39?,43-,44+,45+,46-/m0/s1. The molecule has 3 N–H and O–H groups in total. The lowest BCUT2D eigenvalue weighted by atomic mass is 9.32. The van der Waals surface area contributed by atoms with Gasteiger partial charge < -0.3 is 20.4 Å². The molecular weight excluding hydrogens is 661 g/mol. The summed E-state index contributed by atoms with van der Waals surface area (Å²) in [4.78, 5) is 39.4. The van der Waals surface area contributed by atoms with Crippen molar-refractivity contribution in [3.05, 3.63) is 53.6 Å². The summed E-state index contributed by atoms with van der Waals surface area (Å²) in [5.41, 5.74) is 4.24. The molecule has 0 aliphatic heterocycles. The molecule has 9 atom stereocenters. The maximum atomic E-state index is 14.5. The molecule has 5 aliphatic rings. The third-order valence-corrected chi connectivity index (χ3v) is 16.8. The van der Waals surface area contributed by atoms with Crippen molar-refractivity contribution < 1.29 is 24.6 Å². The molecule has 1 aromatic rings. The van der Waals surface area contributed by atoms with E-state index in [9.17, 15) is 19.5 Å². The number of nitrogens with zero attached hydrogens (tertiary/aromatic N) is 1. The number of rotatable bonds is 13. The second kappa shape index (κ2) is 14.6. The van der Waals surface area contributed by atoms with Crippen molar-refractivity contribution in [1.82, 2.24) is 10.2 Å². The first-order valence-corrected chi connectivity index (χ1v) is 20.9. The van der Waals surface area contributed by atoms with Gasteiger partial charge in [-0.3, -0.25) is 9.59 Å². The van der Waals surface area contributed by atoms with Gasteiger partial charge in [0.05, 0.1) is 11.0 Å². The second-order valence-corrected chi connectivity index (χ2v) is 19.3. The van der Waals surface area contributed by atoms with E-state index in [1.54, 1.807) is 12.1 Å². The molecule has 0 spiro atoms. The zero-order chi connectivity index (χ0) is 38.6. The molecular formula is C46H68N2O5. The predicted octanol–water partition coefficient (Wildman–Crippen LogP) is 9.73. The highest BCUT2D eigenvalue weighted by molar-refractivity contribution is 5.88. The Kier molecular flexibility index (Phi) is 11.0. The number of benzene rings is 1. The highest BCUT2D eigenvalue weighted by atomic mass is 16.4. The Morgan fingerprint density at radius 3 is 2.21 bits per heavy atom. The predicted molar refractivity (Wildman–Crippen MR) is 212 cm³/mol. The number of aliphatic carboxylic acids is 1. The summed E-state index contributed by atoms with van der Waals surface area (Å²) in [6, 6.07) is 7.52. The molecule has 5 aliphatic carbocycles. The third kappa shape index (κ3) is 6.53. The van der Waals surface area contributed by atoms with E-state index in [2.05, 4.69) is 71.3 Å². The SMILES string of the molecule is C=C(C)[C@@H]1CC[C@]2(C(=O)NCCCN(CC)CCCC(=O)O)CC[C@]3(C)[C@H](CCC4[C@@]5(C)CC=C(c6ccc(C(=O)O)cc6)C(C)(C)C5CC[C@]43C)C12. The minimum atomic E-state index is -0.883. The largest absolute Gasteiger partial charge is 0.481 e. The van der Waals surface area contributed by atoms with Crippen molar-refractivity contribution in [1.29, 1.82) is 0 Å². The Hall–Kier alpha value is -2.93. The minimum Gasteiger partial charge on any atom is -0.481 e. The Morgan fingerprint density at radius 2 is 1.57 bits per heavy atom. The van der Waals surface area contributed by atoms with E-state index in [0.29, 0.717) is 48.1 Å². The zero-order valence-corrected chi connectivity index (χ0v) is 33.9. The number of aromatic carboxylic acids is 1. The number of carbonyl (C=O) groups excluding carboxylic acids is 1. The van der Waals surface area contributed by atoms with Crippen molar-refractivity contribution in [3.63, 3.8) is 0 Å². The van der Waals surface area contributed by atoms with Crippen LogP contribution in [-0.2, 0) is 9.59 Å². The third-order valence-electron chi connectivity index (χ3n) is 16.8. The number of hydrogen-bond donors (Lipinski definition) is 3. The molecule has 1 aromatic carbocycles. The molecule has 6 rings (SSSR count). The molecule has 0 aromatic heterocycles. The van der Waals surface area contributed by atoms with Crippen molar-refractivity contribution in [2.75, 3.05) is 26.2 Å². The summed E-state index contributed by atoms with van der Waals surface area (Å²) < 4.78 is 0. The first-order chi connectivity index (χ1) is 25.0. The highest BCUT2D eigenvalue weighted by Gasteiger charge is 2.71. The molecule has 0 saturated heterocycles. The van der Waals surface area contributed by atoms with E-state index in [0.717, 1.165) is 63.7 Å². The number of amides is 1. The van der Waals surface area contributed by atoms with Gasteiger partial charge in [0.1, 0.15) is 0 Å². The molecule has 7 heteroatoms. The Balaban J connectivity index is 1.22. The molecule has 7 nitrogen and oxygen atoms in total. The average molecular weight is 729 g/mol. The normalized spacial score (nSPS) is 37.1. The molecule has 0 heterocycles. The average Bonchev–Trinajstić information content (AvgIpc) is 3.50. The Labute approximate surface area is 319 Å². The van der Waals surface area contributed by atoms with E-state index < -0.39 is 11.9 Å². The fraction of sp³-hybridized carbons (Fsp3) is 0.717. The number of carboxylic acids is 2. The van der Waals surface area contributed by atoms with Crippen molar-refractivity contribution >= 4 is 23.4 Å². The van der Waals surface area contributed by atoms with Crippen LogP contribution in [0, 0.1) is 56.7 Å². The van der Waals surface area contributed by atoms with E-state index in [1.807, 2.05) is 12.1 Å². The zero-order valence-electron chi connectivity index (χ0n) is 33.9. The smallest absolute Gasteiger partial charge is 0.335 e. The monoisotopic (exact) mass is 729 g/mol. The quantitative estimate of drug-likeness (QED) is 0.138. The van der Waals surface area contributed by atoms with Gasteiger partial charge >= 0.3 is 11.9 Å². The van der Waals surface area contributed by atoms with Crippen LogP contribution in [0.15, 0.2) is 42.5 Å². The number of carboxylic acid groups (broad SMARTS) is 2. The summed E-state index contributed by atoms with van der Waals surface area (Å²) >= 11 is 0. The van der Waals surface area contributed by atoms with Gasteiger partial charge in [0.25, 0.3) is 0 Å². The van der Waals surface area contributed by atoms with Crippen LogP contribution in [-0.4, -0.2) is 59.1 Å². The Morgan fingerprint density at radius 1 is 0.868 bits per heavy atom.